The predicted octanol–water partition coefficient (Wildman–Crippen LogP) is 4.50. The molecule has 3 heteroatoms. The fraction of sp³-hybridized carbons (Fsp3) is 0.550. The largest absolute Gasteiger partial charge is 0.497 e. The summed E-state index contributed by atoms with van der Waals surface area (Å²) in [6.07, 6.45) is 11.9. The van der Waals surface area contributed by atoms with E-state index in [-0.39, 0.29) is 12.0 Å². The number of hydrogen-bond donors (Lipinski definition) is 0. The number of methoxy groups -OCH3 is 1. The van der Waals surface area contributed by atoms with E-state index >= 15 is 0 Å². The van der Waals surface area contributed by atoms with E-state index in [1.54, 1.807) is 7.11 Å². The topological polar surface area (TPSA) is 29.5 Å². The normalized spacial score (nSPS) is 25.0. The molecule has 1 saturated heterocycles. The zero-order valence-corrected chi connectivity index (χ0v) is 14.0. The Balaban J connectivity index is 1.81. The highest BCUT2D eigenvalue weighted by Crippen LogP contribution is 2.33. The van der Waals surface area contributed by atoms with E-state index in [0.29, 0.717) is 5.91 Å². The molecule has 0 saturated carbocycles. The van der Waals surface area contributed by atoms with Gasteiger partial charge in [-0.15, -0.1) is 0 Å². The minimum Gasteiger partial charge on any atom is -0.497 e. The predicted molar refractivity (Wildman–Crippen MR) is 92.4 cm³/mol. The molecule has 1 aromatic carbocycles. The van der Waals surface area contributed by atoms with E-state index in [9.17, 15) is 4.79 Å². The summed E-state index contributed by atoms with van der Waals surface area (Å²) in [5.74, 6) is 1.41. The molecule has 0 bridgehead atoms. The van der Waals surface area contributed by atoms with Crippen LogP contribution in [0, 0.1) is 5.92 Å². The maximum Gasteiger partial charge on any atom is 0.226 e. The summed E-state index contributed by atoms with van der Waals surface area (Å²) in [5, 5.41) is 0. The molecular weight excluding hydrogens is 286 g/mol. The highest BCUT2D eigenvalue weighted by Gasteiger charge is 2.31. The molecule has 0 spiro atoms. The number of likely N-dealkylation sites (tertiary alicyclic amines) is 1. The van der Waals surface area contributed by atoms with Gasteiger partial charge in [-0.05, 0) is 49.8 Å². The number of rotatable bonds is 3. The van der Waals surface area contributed by atoms with Crippen LogP contribution in [-0.2, 0) is 4.79 Å². The van der Waals surface area contributed by atoms with Crippen LogP contribution < -0.4 is 4.74 Å². The van der Waals surface area contributed by atoms with Crippen LogP contribution in [0.25, 0.3) is 0 Å². The van der Waals surface area contributed by atoms with Gasteiger partial charge in [-0.1, -0.05) is 37.1 Å². The second kappa shape index (κ2) is 7.67. The van der Waals surface area contributed by atoms with Gasteiger partial charge >= 0.3 is 0 Å². The van der Waals surface area contributed by atoms with Crippen molar-refractivity contribution >= 4 is 5.91 Å². The summed E-state index contributed by atoms with van der Waals surface area (Å²) < 4.78 is 5.26. The third-order valence-corrected chi connectivity index (χ3v) is 5.15. The molecule has 124 valence electrons. The molecule has 1 aliphatic carbocycles. The molecule has 1 amide bonds. The minimum absolute atomic E-state index is 0.179. The Morgan fingerprint density at radius 2 is 1.91 bits per heavy atom. The van der Waals surface area contributed by atoms with Gasteiger partial charge in [0.15, 0.2) is 0 Å². The smallest absolute Gasteiger partial charge is 0.226 e. The van der Waals surface area contributed by atoms with Crippen molar-refractivity contribution in [2.24, 2.45) is 5.92 Å². The maximum absolute atomic E-state index is 13.1. The summed E-state index contributed by atoms with van der Waals surface area (Å²) in [6, 6.07) is 8.48. The van der Waals surface area contributed by atoms with Crippen LogP contribution in [0.15, 0.2) is 36.4 Å². The standard InChI is InChI=1S/C20H27NO2/c1-23-18-13-11-16(12-14-18)19-10-6-3-7-15-21(19)20(22)17-8-4-2-5-9-17/h2,4,11-14,17,19H,3,5-10,15H2,1H3. The average Bonchev–Trinajstić information content (AvgIpc) is 2.88. The summed E-state index contributed by atoms with van der Waals surface area (Å²) in [4.78, 5) is 15.2. The first-order valence-corrected chi connectivity index (χ1v) is 8.89. The third-order valence-electron chi connectivity index (χ3n) is 5.15. The lowest BCUT2D eigenvalue weighted by atomic mass is 9.91. The average molecular weight is 313 g/mol. The lowest BCUT2D eigenvalue weighted by Gasteiger charge is -2.34. The number of carbonyl (C=O) groups is 1. The van der Waals surface area contributed by atoms with E-state index in [1.165, 1.54) is 18.4 Å². The summed E-state index contributed by atoms with van der Waals surface area (Å²) >= 11 is 0. The summed E-state index contributed by atoms with van der Waals surface area (Å²) in [5.41, 5.74) is 1.24. The van der Waals surface area contributed by atoms with Gasteiger partial charge in [0.2, 0.25) is 5.91 Å². The third kappa shape index (κ3) is 3.77. The summed E-state index contributed by atoms with van der Waals surface area (Å²) in [6.45, 7) is 0.899. The van der Waals surface area contributed by atoms with Crippen molar-refractivity contribution in [3.05, 3.63) is 42.0 Å². The van der Waals surface area contributed by atoms with Crippen molar-refractivity contribution in [1.29, 1.82) is 0 Å². The molecule has 1 heterocycles. The fourth-order valence-corrected chi connectivity index (χ4v) is 3.80. The lowest BCUT2D eigenvalue weighted by molar-refractivity contribution is -0.138. The van der Waals surface area contributed by atoms with E-state index in [4.69, 9.17) is 4.74 Å². The first kappa shape index (κ1) is 16.1. The fourth-order valence-electron chi connectivity index (χ4n) is 3.80. The highest BCUT2D eigenvalue weighted by atomic mass is 16.5. The molecule has 3 rings (SSSR count). The van der Waals surface area contributed by atoms with Crippen molar-refractivity contribution in [3.8, 4) is 5.75 Å². The van der Waals surface area contributed by atoms with Gasteiger partial charge in [0.05, 0.1) is 13.2 Å². The number of nitrogens with zero attached hydrogens (tertiary/aromatic N) is 1. The van der Waals surface area contributed by atoms with E-state index in [2.05, 4.69) is 29.2 Å². The van der Waals surface area contributed by atoms with Crippen molar-refractivity contribution in [1.82, 2.24) is 4.90 Å². The molecular formula is C20H27NO2. The molecule has 1 aromatic rings. The Bertz CT molecular complexity index is 549. The van der Waals surface area contributed by atoms with Gasteiger partial charge < -0.3 is 9.64 Å². The molecule has 23 heavy (non-hydrogen) atoms. The van der Waals surface area contributed by atoms with Gasteiger partial charge in [-0.2, -0.15) is 0 Å². The number of carbonyl (C=O) groups excluding carboxylic acids is 1. The van der Waals surface area contributed by atoms with E-state index in [1.807, 2.05) is 12.1 Å². The molecule has 2 atom stereocenters. The van der Waals surface area contributed by atoms with Gasteiger partial charge in [0.25, 0.3) is 0 Å². The number of allylic oxidation sites excluding steroid dienone is 2. The first-order valence-electron chi connectivity index (χ1n) is 8.89. The van der Waals surface area contributed by atoms with Crippen LogP contribution in [0.1, 0.15) is 56.6 Å². The van der Waals surface area contributed by atoms with Crippen molar-refractivity contribution in [3.63, 3.8) is 0 Å². The zero-order chi connectivity index (χ0) is 16.1. The highest BCUT2D eigenvalue weighted by molar-refractivity contribution is 5.79. The van der Waals surface area contributed by atoms with Crippen LogP contribution in [0.2, 0.25) is 0 Å². The number of benzene rings is 1. The molecule has 2 unspecified atom stereocenters. The molecule has 1 fully saturated rings. The SMILES string of the molecule is COc1ccc(C2CCCCCN2C(=O)C2CC=CCC2)cc1. The first-order chi connectivity index (χ1) is 11.3. The van der Waals surface area contributed by atoms with Gasteiger partial charge in [-0.25, -0.2) is 0 Å². The quantitative estimate of drug-likeness (QED) is 0.769. The van der Waals surface area contributed by atoms with Crippen molar-refractivity contribution < 1.29 is 9.53 Å². The molecule has 3 nitrogen and oxygen atoms in total. The van der Waals surface area contributed by atoms with Crippen LogP contribution in [0.3, 0.4) is 0 Å². The van der Waals surface area contributed by atoms with Gasteiger partial charge in [-0.3, -0.25) is 4.79 Å². The second-order valence-electron chi connectivity index (χ2n) is 6.65. The van der Waals surface area contributed by atoms with Crippen molar-refractivity contribution in [2.45, 2.75) is 51.0 Å². The molecule has 0 radical (unpaired) electrons. The summed E-state index contributed by atoms with van der Waals surface area (Å²) in [7, 11) is 1.69. The lowest BCUT2D eigenvalue weighted by Crippen LogP contribution is -2.39. The van der Waals surface area contributed by atoms with Gasteiger partial charge in [0.1, 0.15) is 5.75 Å². The Morgan fingerprint density at radius 1 is 1.09 bits per heavy atom. The Hall–Kier alpha value is -1.77. The van der Waals surface area contributed by atoms with Crippen LogP contribution in [-0.4, -0.2) is 24.5 Å². The maximum atomic E-state index is 13.1. The molecule has 2 aliphatic rings. The number of ether oxygens (including phenoxy) is 1. The molecule has 0 aromatic heterocycles. The zero-order valence-electron chi connectivity index (χ0n) is 14.0. The van der Waals surface area contributed by atoms with Gasteiger partial charge in [0, 0.05) is 12.5 Å². The van der Waals surface area contributed by atoms with Crippen LogP contribution in [0.4, 0.5) is 0 Å². The Morgan fingerprint density at radius 3 is 2.61 bits per heavy atom. The monoisotopic (exact) mass is 313 g/mol. The van der Waals surface area contributed by atoms with Crippen molar-refractivity contribution in [2.75, 3.05) is 13.7 Å². The Labute approximate surface area is 139 Å². The second-order valence-corrected chi connectivity index (χ2v) is 6.65. The number of amides is 1. The Kier molecular flexibility index (Phi) is 5.37. The minimum atomic E-state index is 0.179. The van der Waals surface area contributed by atoms with Crippen LogP contribution >= 0.6 is 0 Å². The van der Waals surface area contributed by atoms with Crippen LogP contribution in [0.5, 0.6) is 5.75 Å². The van der Waals surface area contributed by atoms with E-state index in [0.717, 1.165) is 44.4 Å². The van der Waals surface area contributed by atoms with E-state index < -0.39 is 0 Å². The molecule has 1 aliphatic heterocycles. The molecule has 0 N–H and O–H groups in total. The number of hydrogen-bond acceptors (Lipinski definition) is 2.